The van der Waals surface area contributed by atoms with Crippen LogP contribution < -0.4 is 0 Å². The van der Waals surface area contributed by atoms with Gasteiger partial charge in [0.25, 0.3) is 0 Å². The summed E-state index contributed by atoms with van der Waals surface area (Å²) in [5.74, 6) is -3.33. The van der Waals surface area contributed by atoms with Crippen molar-refractivity contribution < 1.29 is 97.1 Å². The fourth-order valence-electron chi connectivity index (χ4n) is 9.28. The summed E-state index contributed by atoms with van der Waals surface area (Å²) in [6.45, 7) is 14.8. The van der Waals surface area contributed by atoms with E-state index in [2.05, 4.69) is 6.92 Å². The van der Waals surface area contributed by atoms with E-state index in [-0.39, 0.29) is 12.5 Å². The minimum absolute atomic E-state index is 0.0252. The average Bonchev–Trinajstić information content (AvgIpc) is 3.30. The summed E-state index contributed by atoms with van der Waals surface area (Å²) in [4.78, 5) is 39.8. The minimum atomic E-state index is -1.79. The molecular formula is C49H84O20. The number of rotatable bonds is 13. The van der Waals surface area contributed by atoms with E-state index in [1.54, 1.807) is 34.6 Å². The van der Waals surface area contributed by atoms with Crippen LogP contribution in [0.2, 0.25) is 0 Å². The number of aliphatic hydroxyl groups excluding tert-OH is 6. The third-order valence-electron chi connectivity index (χ3n) is 14.1. The fourth-order valence-corrected chi connectivity index (χ4v) is 9.28. The lowest BCUT2D eigenvalue weighted by Gasteiger charge is -2.50. The van der Waals surface area contributed by atoms with Crippen molar-refractivity contribution in [2.45, 2.75) is 281 Å². The number of carbonyl (C=O) groups is 3. The van der Waals surface area contributed by atoms with Crippen molar-refractivity contribution in [1.82, 2.24) is 0 Å². The molecule has 0 radical (unpaired) electrons. The molecule has 5 fully saturated rings. The largest absolute Gasteiger partial charge is 0.456 e. The molecule has 20 nitrogen and oxygen atoms in total. The summed E-state index contributed by atoms with van der Waals surface area (Å²) >= 11 is 0. The molecule has 69 heavy (non-hydrogen) atoms. The summed E-state index contributed by atoms with van der Waals surface area (Å²) in [5, 5.41) is 69.1. The Hall–Kier alpha value is -2.15. The highest BCUT2D eigenvalue weighted by atomic mass is 16.8. The SMILES string of the molecule is CCCCC[C@@H]1CCCCCCCCCC(=O)O[C@H]2[C@H](O)[C@@H](C)O[C@@H](O[C@H]3[C@H](O1)O[C@H](C)[C@@H](O)[C@@H]3O)[C@@H]2O[C@@H]1O[C@@H](C)[C@H](O[C@@H]2O[C@H](C)[C@H](O)[C@H](OC(=O)C(C)C)[C@H]2O)[C@@H](O)[C@H]1OC(=O)[C@@H](C)CC. The van der Waals surface area contributed by atoms with Gasteiger partial charge >= 0.3 is 17.9 Å². The van der Waals surface area contributed by atoms with Gasteiger partial charge in [-0.15, -0.1) is 0 Å². The number of carbonyl (C=O) groups excluding carboxylic acids is 3. The highest BCUT2D eigenvalue weighted by Crippen LogP contribution is 2.38. The second kappa shape index (κ2) is 27.2. The lowest BCUT2D eigenvalue weighted by atomic mass is 9.96. The van der Waals surface area contributed by atoms with Crippen molar-refractivity contribution in [3.8, 4) is 0 Å². The lowest BCUT2D eigenvalue weighted by Crippen LogP contribution is -2.67. The molecule has 5 aliphatic heterocycles. The topological polar surface area (TPSA) is 274 Å². The van der Waals surface area contributed by atoms with E-state index in [9.17, 15) is 45.0 Å². The molecule has 0 saturated carbocycles. The van der Waals surface area contributed by atoms with Crippen LogP contribution in [0.15, 0.2) is 0 Å². The molecule has 5 aliphatic rings. The quantitative estimate of drug-likeness (QED) is 0.0878. The molecule has 2 bridgehead atoms. The fraction of sp³-hybridized carbons (Fsp3) is 0.939. The Balaban J connectivity index is 1.51. The van der Waals surface area contributed by atoms with Gasteiger partial charge in [-0.25, -0.2) is 0 Å². The third-order valence-corrected chi connectivity index (χ3v) is 14.1. The maximum Gasteiger partial charge on any atom is 0.309 e. The van der Waals surface area contributed by atoms with Crippen LogP contribution in [0.5, 0.6) is 0 Å². The van der Waals surface area contributed by atoms with Gasteiger partial charge in [0.15, 0.2) is 49.6 Å². The lowest BCUT2D eigenvalue weighted by molar-refractivity contribution is -0.397. The van der Waals surface area contributed by atoms with Crippen molar-refractivity contribution in [2.24, 2.45) is 11.8 Å². The van der Waals surface area contributed by atoms with Gasteiger partial charge in [-0.1, -0.05) is 92.4 Å². The third kappa shape index (κ3) is 15.2. The molecule has 5 heterocycles. The maximum absolute atomic E-state index is 13.6. The van der Waals surface area contributed by atoms with E-state index >= 15 is 0 Å². The molecule has 6 N–H and O–H groups in total. The van der Waals surface area contributed by atoms with E-state index in [4.69, 9.17) is 52.1 Å². The van der Waals surface area contributed by atoms with Gasteiger partial charge in [-0.2, -0.15) is 0 Å². The summed E-state index contributed by atoms with van der Waals surface area (Å²) in [6, 6.07) is 0. The molecule has 0 unspecified atom stereocenters. The van der Waals surface area contributed by atoms with E-state index in [1.165, 1.54) is 20.8 Å². The van der Waals surface area contributed by atoms with Gasteiger partial charge in [0.05, 0.1) is 42.4 Å². The van der Waals surface area contributed by atoms with E-state index < -0.39 is 153 Å². The molecule has 5 saturated heterocycles. The summed E-state index contributed by atoms with van der Waals surface area (Å²) < 4.78 is 68.1. The maximum atomic E-state index is 13.6. The van der Waals surface area contributed by atoms with Gasteiger partial charge in [-0.3, -0.25) is 14.4 Å². The molecule has 0 aromatic carbocycles. The predicted molar refractivity (Wildman–Crippen MR) is 243 cm³/mol. The van der Waals surface area contributed by atoms with Crippen LogP contribution in [-0.4, -0.2) is 177 Å². The van der Waals surface area contributed by atoms with Crippen LogP contribution in [0.25, 0.3) is 0 Å². The van der Waals surface area contributed by atoms with Gasteiger partial charge in [0.2, 0.25) is 0 Å². The smallest absolute Gasteiger partial charge is 0.309 e. The van der Waals surface area contributed by atoms with E-state index in [1.807, 2.05) is 0 Å². The highest BCUT2D eigenvalue weighted by molar-refractivity contribution is 5.72. The molecular weight excluding hydrogens is 909 g/mol. The van der Waals surface area contributed by atoms with Gasteiger partial charge < -0.3 is 82.7 Å². The first-order valence-electron chi connectivity index (χ1n) is 25.7. The second-order valence-electron chi connectivity index (χ2n) is 20.1. The Bertz CT molecular complexity index is 1570. The second-order valence-corrected chi connectivity index (χ2v) is 20.1. The number of aliphatic hydroxyl groups is 6. The number of ether oxygens (including phenoxy) is 11. The molecule has 0 aromatic rings. The molecule has 5 rings (SSSR count). The zero-order valence-corrected chi connectivity index (χ0v) is 42.1. The van der Waals surface area contributed by atoms with Crippen LogP contribution >= 0.6 is 0 Å². The first kappa shape index (κ1) is 57.7. The Morgan fingerprint density at radius 3 is 1.83 bits per heavy atom. The van der Waals surface area contributed by atoms with E-state index in [0.29, 0.717) is 12.8 Å². The summed E-state index contributed by atoms with van der Waals surface area (Å²) in [7, 11) is 0. The first-order chi connectivity index (χ1) is 32.8. The van der Waals surface area contributed by atoms with Crippen LogP contribution in [0.4, 0.5) is 0 Å². The minimum Gasteiger partial charge on any atom is -0.456 e. The molecule has 20 heteroatoms. The molecule has 0 aromatic heterocycles. The number of fused-ring (bicyclic) bond motifs is 3. The molecule has 0 spiro atoms. The Labute approximate surface area is 407 Å². The molecule has 22 atom stereocenters. The van der Waals surface area contributed by atoms with Crippen molar-refractivity contribution in [2.75, 3.05) is 0 Å². The zero-order valence-electron chi connectivity index (χ0n) is 42.1. The van der Waals surface area contributed by atoms with Gasteiger partial charge in [-0.05, 0) is 53.4 Å². The standard InChI is InChI=1S/C49H84O20/c1-10-12-18-21-30-22-19-16-14-13-15-17-20-23-31(50)64-40-34(53)28(8)61-49(68-41-35(54)32(51)26(6)60-47(41)63-30)43(40)69-48-42(66-45(58)25(5)11-2)36(55)38(29(9)62-48)67-46-37(56)39(33(52)27(7)59-46)65-44(57)24(3)4/h24-30,32-43,46-49,51-56H,10-23H2,1-9H3/t25-,26+,27+,28+,29-,30+,32+,33-,34+,35-,36+,37+,38-,39-,40-,41+,42+,43+,46-,47-,48-,49-/m0/s1. The van der Waals surface area contributed by atoms with Gasteiger partial charge in [0, 0.05) is 6.42 Å². The van der Waals surface area contributed by atoms with Crippen molar-refractivity contribution in [1.29, 1.82) is 0 Å². The molecule has 400 valence electrons. The van der Waals surface area contributed by atoms with Crippen molar-refractivity contribution in [3.05, 3.63) is 0 Å². The number of hydrogen-bond donors (Lipinski definition) is 6. The average molecular weight is 993 g/mol. The monoisotopic (exact) mass is 993 g/mol. The Morgan fingerprint density at radius 2 is 1.16 bits per heavy atom. The van der Waals surface area contributed by atoms with Crippen LogP contribution in [0.1, 0.15) is 152 Å². The number of esters is 3. The van der Waals surface area contributed by atoms with E-state index in [0.717, 1.165) is 70.6 Å². The Morgan fingerprint density at radius 1 is 0.565 bits per heavy atom. The van der Waals surface area contributed by atoms with Crippen LogP contribution in [0.3, 0.4) is 0 Å². The van der Waals surface area contributed by atoms with Gasteiger partial charge in [0.1, 0.15) is 48.8 Å². The van der Waals surface area contributed by atoms with Crippen LogP contribution in [-0.2, 0) is 66.5 Å². The Kier molecular flexibility index (Phi) is 22.8. The normalized spacial score (nSPS) is 42.7. The first-order valence-corrected chi connectivity index (χ1v) is 25.7. The van der Waals surface area contributed by atoms with Crippen molar-refractivity contribution >= 4 is 17.9 Å². The zero-order chi connectivity index (χ0) is 50.7. The summed E-state index contributed by atoms with van der Waals surface area (Å²) in [6.07, 6.45) is -18.3. The number of hydrogen-bond acceptors (Lipinski definition) is 20. The van der Waals surface area contributed by atoms with Crippen LogP contribution in [0, 0.1) is 11.8 Å². The number of unbranched alkanes of at least 4 members (excludes halogenated alkanes) is 2. The molecule has 0 aliphatic carbocycles. The molecule has 0 amide bonds. The van der Waals surface area contributed by atoms with Crippen molar-refractivity contribution in [3.63, 3.8) is 0 Å². The predicted octanol–water partition coefficient (Wildman–Crippen LogP) is 3.21. The highest BCUT2D eigenvalue weighted by Gasteiger charge is 2.57. The summed E-state index contributed by atoms with van der Waals surface area (Å²) in [5.41, 5.74) is 0.